The summed E-state index contributed by atoms with van der Waals surface area (Å²) in [5.74, 6) is -1.70. The van der Waals surface area contributed by atoms with Gasteiger partial charge in [0.1, 0.15) is 18.3 Å². The van der Waals surface area contributed by atoms with Crippen LogP contribution in [-0.4, -0.2) is 126 Å². The highest BCUT2D eigenvalue weighted by atomic mass is 16.5. The Kier molecular flexibility index (Phi) is 13.1. The number of piperidine rings is 1. The molecule has 2 fully saturated rings. The Morgan fingerprint density at radius 2 is 1.74 bits per heavy atom. The zero-order valence-electron chi connectivity index (χ0n) is 36.5. The van der Waals surface area contributed by atoms with Gasteiger partial charge in [-0.05, 0) is 73.4 Å². The Morgan fingerprint density at radius 3 is 2.61 bits per heavy atom. The van der Waals surface area contributed by atoms with Crippen molar-refractivity contribution in [2.45, 2.75) is 38.6 Å². The third-order valence-corrected chi connectivity index (χ3v) is 12.0. The maximum absolute atomic E-state index is 13.1. The standard InChI is InChI=1S/C48H50N10O8/c1-30-38(29-50-45-43(30)49-14-24-66-45)31-7-8-32-28-51-48(54-39(32)25-31)53-33-5-2-6-35(26-33)57-18-16-56(17-19-57)15-3-20-64-21-4-22-65-23-13-42(60)52-34-9-10-36-37(27-34)47(63)58(46(36)62)40-11-12-41(59)55-44(40)61/h2,5-10,13,23,25-29,40,49H,3-4,11-12,14-22,24H2,1H3,(H,52,60)(H,51,53,54)(H,55,59,61). The Labute approximate surface area is 380 Å². The zero-order chi connectivity index (χ0) is 45.6. The van der Waals surface area contributed by atoms with E-state index in [1.807, 2.05) is 24.5 Å². The highest BCUT2D eigenvalue weighted by molar-refractivity contribution is 6.24. The van der Waals surface area contributed by atoms with Gasteiger partial charge in [0, 0.05) is 112 Å². The van der Waals surface area contributed by atoms with Crippen LogP contribution in [0, 0.1) is 6.92 Å². The molecule has 0 saturated carbocycles. The molecule has 1 unspecified atom stereocenters. The number of ether oxygens (including phenoxy) is 3. The molecule has 0 bridgehead atoms. The topological polar surface area (TPSA) is 210 Å². The molecule has 18 heteroatoms. The largest absolute Gasteiger partial charge is 0.501 e. The Balaban J connectivity index is 0.653. The van der Waals surface area contributed by atoms with E-state index in [1.54, 1.807) is 0 Å². The second kappa shape index (κ2) is 19.7. The number of benzene rings is 3. The molecular weight excluding hydrogens is 845 g/mol. The normalized spacial score (nSPS) is 17.3. The average Bonchev–Trinajstić information content (AvgIpc) is 3.57. The number of carbonyl (C=O) groups excluding carboxylic acids is 5. The van der Waals surface area contributed by atoms with E-state index in [2.05, 4.69) is 78.3 Å². The number of nitrogens with one attached hydrogen (secondary N) is 4. The van der Waals surface area contributed by atoms with E-state index in [4.69, 9.17) is 19.2 Å². The smallest absolute Gasteiger partial charge is 0.262 e. The average molecular weight is 895 g/mol. The van der Waals surface area contributed by atoms with Gasteiger partial charge in [-0.15, -0.1) is 0 Å². The van der Waals surface area contributed by atoms with E-state index in [9.17, 15) is 24.0 Å². The summed E-state index contributed by atoms with van der Waals surface area (Å²) in [6.45, 7) is 9.67. The number of piperazine rings is 1. The van der Waals surface area contributed by atoms with Crippen LogP contribution in [-0.2, 0) is 23.9 Å². The molecule has 18 nitrogen and oxygen atoms in total. The van der Waals surface area contributed by atoms with Crippen molar-refractivity contribution in [3.05, 3.63) is 102 Å². The summed E-state index contributed by atoms with van der Waals surface area (Å²) in [5.41, 5.74) is 7.51. The van der Waals surface area contributed by atoms with Gasteiger partial charge in [0.15, 0.2) is 0 Å². The molecule has 0 radical (unpaired) electrons. The fourth-order valence-corrected chi connectivity index (χ4v) is 8.55. The van der Waals surface area contributed by atoms with Gasteiger partial charge in [-0.2, -0.15) is 0 Å². The number of carbonyl (C=O) groups is 5. The van der Waals surface area contributed by atoms with Crippen LogP contribution < -0.4 is 30.9 Å². The Bertz CT molecular complexity index is 2720. The first-order valence-corrected chi connectivity index (χ1v) is 22.2. The fourth-order valence-electron chi connectivity index (χ4n) is 8.55. The second-order valence-corrected chi connectivity index (χ2v) is 16.4. The molecule has 4 N–H and O–H groups in total. The van der Waals surface area contributed by atoms with Gasteiger partial charge in [-0.3, -0.25) is 39.1 Å². The number of amides is 5. The highest BCUT2D eigenvalue weighted by Gasteiger charge is 2.44. The van der Waals surface area contributed by atoms with Crippen LogP contribution in [0.5, 0.6) is 5.88 Å². The zero-order valence-corrected chi connectivity index (χ0v) is 36.5. The van der Waals surface area contributed by atoms with Crippen molar-refractivity contribution in [3.63, 3.8) is 0 Å². The number of imide groups is 2. The minimum absolute atomic E-state index is 0.0311. The third kappa shape index (κ3) is 9.79. The maximum Gasteiger partial charge on any atom is 0.262 e. The fraction of sp³-hybridized carbons (Fsp3) is 0.333. The number of pyridine rings is 1. The van der Waals surface area contributed by atoms with Gasteiger partial charge < -0.3 is 35.1 Å². The molecule has 3 aromatic carbocycles. The number of fused-ring (bicyclic) bond motifs is 3. The quantitative estimate of drug-likeness (QED) is 0.0443. The number of nitrogens with zero attached hydrogens (tertiary/aromatic N) is 6. The summed E-state index contributed by atoms with van der Waals surface area (Å²) in [6, 6.07) is 17.8. The molecule has 6 heterocycles. The van der Waals surface area contributed by atoms with Crippen molar-refractivity contribution in [2.75, 3.05) is 86.5 Å². The van der Waals surface area contributed by atoms with Crippen molar-refractivity contribution in [1.29, 1.82) is 0 Å². The number of aromatic nitrogens is 3. The summed E-state index contributed by atoms with van der Waals surface area (Å²) < 4.78 is 17.0. The molecule has 1 atom stereocenters. The molecule has 4 aliphatic rings. The first kappa shape index (κ1) is 43.8. The minimum atomic E-state index is -1.06. The Hall–Kier alpha value is -7.44. The predicted octanol–water partition coefficient (Wildman–Crippen LogP) is 5.04. The van der Waals surface area contributed by atoms with Crippen molar-refractivity contribution < 1.29 is 38.2 Å². The lowest BCUT2D eigenvalue weighted by Crippen LogP contribution is -2.54. The minimum Gasteiger partial charge on any atom is -0.501 e. The number of rotatable bonds is 16. The van der Waals surface area contributed by atoms with Gasteiger partial charge >= 0.3 is 0 Å². The summed E-state index contributed by atoms with van der Waals surface area (Å²) >= 11 is 0. The van der Waals surface area contributed by atoms with E-state index < -0.39 is 35.6 Å². The van der Waals surface area contributed by atoms with E-state index in [0.29, 0.717) is 50.4 Å². The van der Waals surface area contributed by atoms with E-state index in [-0.39, 0.29) is 24.0 Å². The van der Waals surface area contributed by atoms with Crippen LogP contribution in [0.3, 0.4) is 0 Å². The monoisotopic (exact) mass is 894 g/mol. The molecule has 2 aromatic heterocycles. The van der Waals surface area contributed by atoms with Crippen molar-refractivity contribution in [2.24, 2.45) is 0 Å². The van der Waals surface area contributed by atoms with Crippen molar-refractivity contribution in [3.8, 4) is 17.0 Å². The molecule has 2 saturated heterocycles. The Morgan fingerprint density at radius 1 is 0.894 bits per heavy atom. The molecular formula is C48H50N10O8. The summed E-state index contributed by atoms with van der Waals surface area (Å²) in [6.07, 6.45) is 7.89. The van der Waals surface area contributed by atoms with E-state index in [1.165, 1.54) is 30.5 Å². The number of anilines is 5. The van der Waals surface area contributed by atoms with E-state index in [0.717, 1.165) is 95.2 Å². The van der Waals surface area contributed by atoms with Crippen LogP contribution in [0.15, 0.2) is 85.4 Å². The van der Waals surface area contributed by atoms with Gasteiger partial charge in [0.05, 0.1) is 29.5 Å². The van der Waals surface area contributed by atoms with Crippen LogP contribution in [0.25, 0.3) is 22.0 Å². The molecule has 0 aliphatic carbocycles. The second-order valence-electron chi connectivity index (χ2n) is 16.4. The van der Waals surface area contributed by atoms with Crippen molar-refractivity contribution >= 4 is 69.1 Å². The van der Waals surface area contributed by atoms with Crippen LogP contribution >= 0.6 is 0 Å². The number of hydrogen-bond donors (Lipinski definition) is 4. The summed E-state index contributed by atoms with van der Waals surface area (Å²) in [5, 5.41) is 12.6. The van der Waals surface area contributed by atoms with Crippen LogP contribution in [0.4, 0.5) is 28.7 Å². The molecule has 4 aliphatic heterocycles. The molecule has 0 spiro atoms. The lowest BCUT2D eigenvalue weighted by atomic mass is 10.00. The summed E-state index contributed by atoms with van der Waals surface area (Å²) in [7, 11) is 0. The van der Waals surface area contributed by atoms with Gasteiger partial charge in [-0.25, -0.2) is 15.0 Å². The van der Waals surface area contributed by atoms with E-state index >= 15 is 0 Å². The first-order chi connectivity index (χ1) is 32.2. The molecule has 66 heavy (non-hydrogen) atoms. The third-order valence-electron chi connectivity index (χ3n) is 12.0. The van der Waals surface area contributed by atoms with Crippen LogP contribution in [0.2, 0.25) is 0 Å². The lowest BCUT2D eigenvalue weighted by molar-refractivity contribution is -0.136. The summed E-state index contributed by atoms with van der Waals surface area (Å²) in [4.78, 5) is 82.0. The molecule has 5 amide bonds. The van der Waals surface area contributed by atoms with Crippen LogP contribution in [0.1, 0.15) is 52.0 Å². The molecule has 5 aromatic rings. The molecule has 9 rings (SSSR count). The number of hydrogen-bond acceptors (Lipinski definition) is 15. The molecule has 340 valence electrons. The predicted molar refractivity (Wildman–Crippen MR) is 247 cm³/mol. The maximum atomic E-state index is 13.1. The van der Waals surface area contributed by atoms with Gasteiger partial charge in [-0.1, -0.05) is 18.2 Å². The van der Waals surface area contributed by atoms with Crippen molar-refractivity contribution in [1.82, 2.24) is 30.1 Å². The highest BCUT2D eigenvalue weighted by Crippen LogP contribution is 2.36. The van der Waals surface area contributed by atoms with Gasteiger partial charge in [0.25, 0.3) is 17.7 Å². The lowest BCUT2D eigenvalue weighted by Gasteiger charge is -2.36. The first-order valence-electron chi connectivity index (χ1n) is 22.2. The van der Waals surface area contributed by atoms with Gasteiger partial charge in [0.2, 0.25) is 23.6 Å². The SMILES string of the molecule is Cc1c(-c2ccc3cnc(Nc4cccc(N5CCN(CCCOCCCOC=CC(=O)Nc6ccc7c(c6)C(=O)N(C6CCC(=O)NC6=O)C7=O)CC5)c4)nc3c2)cnc2c1NCCO2.